The molecule has 1 heterocycles. The van der Waals surface area contributed by atoms with E-state index in [4.69, 9.17) is 10.5 Å². The van der Waals surface area contributed by atoms with Crippen LogP contribution >= 0.6 is 0 Å². The summed E-state index contributed by atoms with van der Waals surface area (Å²) in [6.45, 7) is 1.62. The number of benzene rings is 1. The molecule has 0 bridgehead atoms. The van der Waals surface area contributed by atoms with Gasteiger partial charge in [0.25, 0.3) is 0 Å². The van der Waals surface area contributed by atoms with Gasteiger partial charge in [-0.25, -0.2) is 0 Å². The largest absolute Gasteiger partial charge is 0.384 e. The molecule has 1 aliphatic heterocycles. The molecule has 0 radical (unpaired) electrons. The number of anilines is 1. The molecule has 76 valence electrons. The van der Waals surface area contributed by atoms with Crippen molar-refractivity contribution in [2.45, 2.75) is 12.5 Å². The molecule has 0 aliphatic carbocycles. The van der Waals surface area contributed by atoms with E-state index in [1.54, 1.807) is 7.11 Å². The molecular formula is C11H16N2O. The highest BCUT2D eigenvalue weighted by Gasteiger charge is 2.12. The molecule has 2 rings (SSSR count). The Bertz CT molecular complexity index is 325. The summed E-state index contributed by atoms with van der Waals surface area (Å²) < 4.78 is 5.04. The Balaban J connectivity index is 2.19. The van der Waals surface area contributed by atoms with Gasteiger partial charge < -0.3 is 15.8 Å². The van der Waals surface area contributed by atoms with Gasteiger partial charge in [-0.05, 0) is 23.6 Å². The van der Waals surface area contributed by atoms with E-state index in [-0.39, 0.29) is 6.04 Å². The Morgan fingerprint density at radius 2 is 2.43 bits per heavy atom. The van der Waals surface area contributed by atoms with E-state index in [1.165, 1.54) is 11.3 Å². The lowest BCUT2D eigenvalue weighted by molar-refractivity contribution is 0.181. The number of fused-ring (bicyclic) bond motifs is 1. The van der Waals surface area contributed by atoms with Gasteiger partial charge >= 0.3 is 0 Å². The molecule has 1 aromatic rings. The second kappa shape index (κ2) is 3.98. The molecule has 3 nitrogen and oxygen atoms in total. The molecule has 0 aromatic heterocycles. The van der Waals surface area contributed by atoms with Crippen molar-refractivity contribution >= 4 is 5.69 Å². The normalized spacial score (nSPS) is 16.1. The molecule has 3 N–H and O–H groups in total. The lowest BCUT2D eigenvalue weighted by atomic mass is 10.0. The van der Waals surface area contributed by atoms with Gasteiger partial charge in [0.15, 0.2) is 0 Å². The number of nitrogens with one attached hydrogen (secondary N) is 1. The van der Waals surface area contributed by atoms with E-state index >= 15 is 0 Å². The van der Waals surface area contributed by atoms with E-state index in [2.05, 4.69) is 23.5 Å². The molecule has 1 aliphatic rings. The first kappa shape index (κ1) is 9.49. The Labute approximate surface area is 84.3 Å². The molecule has 0 amide bonds. The van der Waals surface area contributed by atoms with Crippen molar-refractivity contribution in [1.29, 1.82) is 0 Å². The van der Waals surface area contributed by atoms with Crippen LogP contribution in [0.15, 0.2) is 18.2 Å². The lowest BCUT2D eigenvalue weighted by Crippen LogP contribution is -2.16. The van der Waals surface area contributed by atoms with Crippen LogP contribution in [-0.4, -0.2) is 20.3 Å². The second-order valence-electron chi connectivity index (χ2n) is 3.66. The summed E-state index contributed by atoms with van der Waals surface area (Å²) in [6.07, 6.45) is 1.10. The second-order valence-corrected chi connectivity index (χ2v) is 3.66. The van der Waals surface area contributed by atoms with Gasteiger partial charge in [0.05, 0.1) is 12.6 Å². The average Bonchev–Trinajstić information content (AvgIpc) is 2.64. The minimum Gasteiger partial charge on any atom is -0.384 e. The summed E-state index contributed by atoms with van der Waals surface area (Å²) in [5, 5.41) is 3.33. The molecule has 14 heavy (non-hydrogen) atoms. The summed E-state index contributed by atoms with van der Waals surface area (Å²) in [4.78, 5) is 0. The van der Waals surface area contributed by atoms with Crippen molar-refractivity contribution in [1.82, 2.24) is 0 Å². The highest BCUT2D eigenvalue weighted by molar-refractivity contribution is 5.56. The van der Waals surface area contributed by atoms with E-state index < -0.39 is 0 Å². The lowest BCUT2D eigenvalue weighted by Gasteiger charge is -2.12. The zero-order chi connectivity index (χ0) is 9.97. The van der Waals surface area contributed by atoms with Gasteiger partial charge in [-0.1, -0.05) is 12.1 Å². The van der Waals surface area contributed by atoms with E-state index in [0.717, 1.165) is 18.5 Å². The van der Waals surface area contributed by atoms with Crippen molar-refractivity contribution in [3.05, 3.63) is 29.3 Å². The third-order valence-electron chi connectivity index (χ3n) is 2.61. The Kier molecular flexibility index (Phi) is 2.70. The molecule has 0 fully saturated rings. The highest BCUT2D eigenvalue weighted by Crippen LogP contribution is 2.25. The third-order valence-corrected chi connectivity index (χ3v) is 2.61. The van der Waals surface area contributed by atoms with Crippen LogP contribution in [0, 0.1) is 0 Å². The SMILES string of the molecule is COC[C@@H](N)c1ccc2c(c1)CCN2. The van der Waals surface area contributed by atoms with Gasteiger partial charge in [-0.2, -0.15) is 0 Å². The number of nitrogens with two attached hydrogens (primary N) is 1. The van der Waals surface area contributed by atoms with E-state index in [9.17, 15) is 0 Å². The van der Waals surface area contributed by atoms with Crippen LogP contribution in [0.4, 0.5) is 5.69 Å². The summed E-state index contributed by atoms with van der Waals surface area (Å²) in [6, 6.07) is 6.35. The van der Waals surface area contributed by atoms with Gasteiger partial charge in [-0.3, -0.25) is 0 Å². The molecule has 1 aromatic carbocycles. The van der Waals surface area contributed by atoms with Crippen molar-refractivity contribution in [2.75, 3.05) is 25.6 Å². The van der Waals surface area contributed by atoms with Gasteiger partial charge in [0.1, 0.15) is 0 Å². The monoisotopic (exact) mass is 192 g/mol. The highest BCUT2D eigenvalue weighted by atomic mass is 16.5. The van der Waals surface area contributed by atoms with Crippen LogP contribution in [0.2, 0.25) is 0 Å². The van der Waals surface area contributed by atoms with Crippen molar-refractivity contribution < 1.29 is 4.74 Å². The first-order valence-electron chi connectivity index (χ1n) is 4.92. The Morgan fingerprint density at radius 3 is 3.21 bits per heavy atom. The topological polar surface area (TPSA) is 47.3 Å². The average molecular weight is 192 g/mol. The van der Waals surface area contributed by atoms with Gasteiger partial charge in [-0.15, -0.1) is 0 Å². The van der Waals surface area contributed by atoms with Crippen LogP contribution < -0.4 is 11.1 Å². The fourth-order valence-corrected chi connectivity index (χ4v) is 1.83. The molecule has 3 heteroatoms. The van der Waals surface area contributed by atoms with Crippen molar-refractivity contribution in [3.63, 3.8) is 0 Å². The predicted octanol–water partition coefficient (Wildman–Crippen LogP) is 1.30. The number of ether oxygens (including phenoxy) is 1. The Hall–Kier alpha value is -1.06. The van der Waals surface area contributed by atoms with Crippen LogP contribution in [-0.2, 0) is 11.2 Å². The first-order chi connectivity index (χ1) is 6.81. The third kappa shape index (κ3) is 1.74. The smallest absolute Gasteiger partial charge is 0.0655 e. The van der Waals surface area contributed by atoms with Crippen LogP contribution in [0.25, 0.3) is 0 Å². The fourth-order valence-electron chi connectivity index (χ4n) is 1.83. The summed E-state index contributed by atoms with van der Waals surface area (Å²) in [7, 11) is 1.68. The Morgan fingerprint density at radius 1 is 1.57 bits per heavy atom. The van der Waals surface area contributed by atoms with Gasteiger partial charge in [0.2, 0.25) is 0 Å². The number of methoxy groups -OCH3 is 1. The predicted molar refractivity (Wildman–Crippen MR) is 57.4 cm³/mol. The molecular weight excluding hydrogens is 176 g/mol. The molecule has 0 unspecified atom stereocenters. The fraction of sp³-hybridized carbons (Fsp3) is 0.455. The van der Waals surface area contributed by atoms with Gasteiger partial charge in [0, 0.05) is 19.3 Å². The number of rotatable bonds is 3. The molecule has 0 spiro atoms. The maximum absolute atomic E-state index is 5.95. The number of hydrogen-bond donors (Lipinski definition) is 2. The standard InChI is InChI=1S/C11H16N2O/c1-14-7-10(12)8-2-3-11-9(6-8)4-5-13-11/h2-3,6,10,13H,4-5,7,12H2,1H3/t10-/m1/s1. The maximum Gasteiger partial charge on any atom is 0.0655 e. The van der Waals surface area contributed by atoms with Crippen LogP contribution in [0.5, 0.6) is 0 Å². The zero-order valence-electron chi connectivity index (χ0n) is 8.42. The van der Waals surface area contributed by atoms with Crippen molar-refractivity contribution in [3.8, 4) is 0 Å². The first-order valence-corrected chi connectivity index (χ1v) is 4.92. The molecule has 0 saturated heterocycles. The van der Waals surface area contributed by atoms with E-state index in [0.29, 0.717) is 6.61 Å². The van der Waals surface area contributed by atoms with Crippen LogP contribution in [0.1, 0.15) is 17.2 Å². The minimum absolute atomic E-state index is 0.00843. The minimum atomic E-state index is -0.00843. The van der Waals surface area contributed by atoms with Crippen LogP contribution in [0.3, 0.4) is 0 Å². The quantitative estimate of drug-likeness (QED) is 0.759. The van der Waals surface area contributed by atoms with Crippen molar-refractivity contribution in [2.24, 2.45) is 5.73 Å². The molecule has 0 saturated carbocycles. The summed E-state index contributed by atoms with van der Waals surface area (Å²) >= 11 is 0. The summed E-state index contributed by atoms with van der Waals surface area (Å²) in [5.41, 5.74) is 9.73. The maximum atomic E-state index is 5.95. The van der Waals surface area contributed by atoms with E-state index in [1.807, 2.05) is 0 Å². The number of hydrogen-bond acceptors (Lipinski definition) is 3. The zero-order valence-corrected chi connectivity index (χ0v) is 8.42. The molecule has 1 atom stereocenters. The summed E-state index contributed by atoms with van der Waals surface area (Å²) in [5.74, 6) is 0.